The molecule has 1 aliphatic heterocycles. The van der Waals surface area contributed by atoms with E-state index < -0.39 is 6.04 Å². The summed E-state index contributed by atoms with van der Waals surface area (Å²) in [6.07, 6.45) is 0.438. The van der Waals surface area contributed by atoms with Crippen LogP contribution in [0.1, 0.15) is 65.0 Å². The standard InChI is InChI=1S/C24H25NO4/c1-14(2)16-6-8-17(9-7-16)21-20-22(27)18-13-15(3)5-10-19(18)29-23(20)24(28)25(21)11-4-12-26/h5-10,13-14,21,26H,4,11-12H2,1-3H3/t21-/m1/s1. The van der Waals surface area contributed by atoms with E-state index in [-0.39, 0.29) is 23.7 Å². The maximum absolute atomic E-state index is 13.4. The van der Waals surface area contributed by atoms with Gasteiger partial charge in [0.1, 0.15) is 5.58 Å². The molecule has 0 spiro atoms. The van der Waals surface area contributed by atoms with E-state index in [9.17, 15) is 14.7 Å². The summed E-state index contributed by atoms with van der Waals surface area (Å²) in [5.74, 6) is 0.206. The topological polar surface area (TPSA) is 70.8 Å². The molecule has 1 atom stereocenters. The van der Waals surface area contributed by atoms with Crippen molar-refractivity contribution in [2.45, 2.75) is 39.2 Å². The van der Waals surface area contributed by atoms with Crippen molar-refractivity contribution in [3.63, 3.8) is 0 Å². The van der Waals surface area contributed by atoms with E-state index in [1.54, 1.807) is 17.0 Å². The zero-order valence-electron chi connectivity index (χ0n) is 16.9. The molecule has 2 heterocycles. The van der Waals surface area contributed by atoms with Gasteiger partial charge in [-0.1, -0.05) is 49.7 Å². The summed E-state index contributed by atoms with van der Waals surface area (Å²) in [5, 5.41) is 9.79. The number of carbonyl (C=O) groups excluding carboxylic acids is 1. The Morgan fingerprint density at radius 3 is 2.48 bits per heavy atom. The van der Waals surface area contributed by atoms with E-state index in [4.69, 9.17) is 4.42 Å². The number of aliphatic hydroxyl groups excluding tert-OH is 1. The van der Waals surface area contributed by atoms with Gasteiger partial charge in [0.15, 0.2) is 5.43 Å². The van der Waals surface area contributed by atoms with Crippen molar-refractivity contribution in [1.82, 2.24) is 4.90 Å². The van der Waals surface area contributed by atoms with E-state index in [1.807, 2.05) is 37.3 Å². The lowest BCUT2D eigenvalue weighted by atomic mass is 9.95. The fourth-order valence-corrected chi connectivity index (χ4v) is 4.02. The zero-order valence-corrected chi connectivity index (χ0v) is 16.9. The summed E-state index contributed by atoms with van der Waals surface area (Å²) >= 11 is 0. The van der Waals surface area contributed by atoms with Gasteiger partial charge in [0.05, 0.1) is 17.0 Å². The highest BCUT2D eigenvalue weighted by Gasteiger charge is 2.42. The molecule has 2 aromatic carbocycles. The highest BCUT2D eigenvalue weighted by molar-refractivity contribution is 5.99. The van der Waals surface area contributed by atoms with Crippen LogP contribution in [-0.2, 0) is 0 Å². The predicted molar refractivity (Wildman–Crippen MR) is 112 cm³/mol. The van der Waals surface area contributed by atoms with Gasteiger partial charge in [-0.25, -0.2) is 0 Å². The molecule has 0 saturated heterocycles. The van der Waals surface area contributed by atoms with Gasteiger partial charge < -0.3 is 14.4 Å². The Hall–Kier alpha value is -2.92. The first-order chi connectivity index (χ1) is 13.9. The van der Waals surface area contributed by atoms with Gasteiger partial charge >= 0.3 is 0 Å². The van der Waals surface area contributed by atoms with Gasteiger partial charge in [-0.05, 0) is 42.5 Å². The number of nitrogens with zero attached hydrogens (tertiary/aromatic N) is 1. The summed E-state index contributed by atoms with van der Waals surface area (Å²) in [4.78, 5) is 28.2. The van der Waals surface area contributed by atoms with Crippen LogP contribution in [0.4, 0.5) is 0 Å². The van der Waals surface area contributed by atoms with Crippen LogP contribution in [0.25, 0.3) is 11.0 Å². The molecule has 0 unspecified atom stereocenters. The minimum Gasteiger partial charge on any atom is -0.450 e. The molecule has 3 aromatic rings. The summed E-state index contributed by atoms with van der Waals surface area (Å²) in [6, 6.07) is 12.9. The molecule has 5 nitrogen and oxygen atoms in total. The van der Waals surface area contributed by atoms with E-state index in [2.05, 4.69) is 13.8 Å². The minimum absolute atomic E-state index is 0.0261. The molecule has 1 aliphatic rings. The van der Waals surface area contributed by atoms with Crippen molar-refractivity contribution in [3.8, 4) is 0 Å². The first kappa shape index (κ1) is 19.4. The summed E-state index contributed by atoms with van der Waals surface area (Å²) in [5.41, 5.74) is 3.68. The van der Waals surface area contributed by atoms with Crippen LogP contribution in [0.15, 0.2) is 51.7 Å². The maximum Gasteiger partial charge on any atom is 0.290 e. The van der Waals surface area contributed by atoms with Gasteiger partial charge in [0.2, 0.25) is 5.76 Å². The average Bonchev–Trinajstić information content (AvgIpc) is 2.99. The van der Waals surface area contributed by atoms with Gasteiger partial charge in [-0.15, -0.1) is 0 Å². The average molecular weight is 391 g/mol. The number of fused-ring (bicyclic) bond motifs is 2. The van der Waals surface area contributed by atoms with Gasteiger partial charge in [0.25, 0.3) is 5.91 Å². The Morgan fingerprint density at radius 2 is 1.83 bits per heavy atom. The van der Waals surface area contributed by atoms with E-state index in [0.717, 1.165) is 11.1 Å². The lowest BCUT2D eigenvalue weighted by Crippen LogP contribution is -2.31. The Kier molecular flexibility index (Phi) is 5.01. The number of aliphatic hydroxyl groups is 1. The van der Waals surface area contributed by atoms with Gasteiger partial charge in [-0.3, -0.25) is 9.59 Å². The van der Waals surface area contributed by atoms with Crippen LogP contribution < -0.4 is 5.43 Å². The van der Waals surface area contributed by atoms with Crippen LogP contribution in [0.2, 0.25) is 0 Å². The number of hydrogen-bond donors (Lipinski definition) is 1. The number of rotatable bonds is 5. The molecular weight excluding hydrogens is 366 g/mol. The van der Waals surface area contributed by atoms with E-state index in [0.29, 0.717) is 35.4 Å². The van der Waals surface area contributed by atoms with Crippen molar-refractivity contribution < 1.29 is 14.3 Å². The lowest BCUT2D eigenvalue weighted by molar-refractivity contribution is 0.0716. The molecule has 150 valence electrons. The molecule has 1 amide bonds. The molecule has 5 heteroatoms. The Bertz CT molecular complexity index is 1130. The normalized spacial score (nSPS) is 16.1. The lowest BCUT2D eigenvalue weighted by Gasteiger charge is -2.25. The highest BCUT2D eigenvalue weighted by atomic mass is 16.3. The predicted octanol–water partition coefficient (Wildman–Crippen LogP) is 4.15. The second-order valence-electron chi connectivity index (χ2n) is 7.97. The second-order valence-corrected chi connectivity index (χ2v) is 7.97. The third-order valence-corrected chi connectivity index (χ3v) is 5.60. The van der Waals surface area contributed by atoms with Crippen molar-refractivity contribution in [2.75, 3.05) is 13.2 Å². The fraction of sp³-hybridized carbons (Fsp3) is 0.333. The first-order valence-corrected chi connectivity index (χ1v) is 10.0. The molecule has 29 heavy (non-hydrogen) atoms. The van der Waals surface area contributed by atoms with Crippen molar-refractivity contribution in [3.05, 3.63) is 80.7 Å². The SMILES string of the molecule is Cc1ccc2oc3c(c(=O)c2c1)[C@@H](c1ccc(C(C)C)cc1)N(CCCO)C3=O. The quantitative estimate of drug-likeness (QED) is 0.709. The first-order valence-electron chi connectivity index (χ1n) is 10.0. The molecular formula is C24H25NO4. The molecule has 0 fully saturated rings. The fourth-order valence-electron chi connectivity index (χ4n) is 4.02. The van der Waals surface area contributed by atoms with Crippen LogP contribution >= 0.6 is 0 Å². The molecule has 0 aliphatic carbocycles. The van der Waals surface area contributed by atoms with Crippen LogP contribution in [-0.4, -0.2) is 29.1 Å². The number of benzene rings is 2. The Labute approximate surface area is 169 Å². The van der Waals surface area contributed by atoms with Crippen molar-refractivity contribution in [1.29, 1.82) is 0 Å². The molecule has 1 N–H and O–H groups in total. The Balaban J connectivity index is 1.92. The smallest absolute Gasteiger partial charge is 0.290 e. The molecule has 0 bridgehead atoms. The largest absolute Gasteiger partial charge is 0.450 e. The van der Waals surface area contributed by atoms with Crippen molar-refractivity contribution in [2.24, 2.45) is 0 Å². The van der Waals surface area contributed by atoms with Gasteiger partial charge in [-0.2, -0.15) is 0 Å². The molecule has 4 rings (SSSR count). The molecule has 0 saturated carbocycles. The third kappa shape index (κ3) is 3.25. The number of hydrogen-bond acceptors (Lipinski definition) is 4. The monoisotopic (exact) mass is 391 g/mol. The number of carbonyl (C=O) groups is 1. The summed E-state index contributed by atoms with van der Waals surface area (Å²) < 4.78 is 5.92. The van der Waals surface area contributed by atoms with E-state index in [1.165, 1.54) is 5.56 Å². The summed E-state index contributed by atoms with van der Waals surface area (Å²) in [7, 11) is 0. The van der Waals surface area contributed by atoms with Crippen molar-refractivity contribution >= 4 is 16.9 Å². The Morgan fingerprint density at radius 1 is 1.10 bits per heavy atom. The van der Waals surface area contributed by atoms with E-state index >= 15 is 0 Å². The molecule has 0 radical (unpaired) electrons. The number of aryl methyl sites for hydroxylation is 1. The van der Waals surface area contributed by atoms with Crippen LogP contribution in [0, 0.1) is 6.92 Å². The van der Waals surface area contributed by atoms with Crippen LogP contribution in [0.3, 0.4) is 0 Å². The minimum atomic E-state index is -0.508. The third-order valence-electron chi connectivity index (χ3n) is 5.60. The zero-order chi connectivity index (χ0) is 20.7. The second kappa shape index (κ2) is 7.48. The maximum atomic E-state index is 13.4. The number of amides is 1. The summed E-state index contributed by atoms with van der Waals surface area (Å²) in [6.45, 7) is 6.50. The van der Waals surface area contributed by atoms with Crippen LogP contribution in [0.5, 0.6) is 0 Å². The highest BCUT2D eigenvalue weighted by Crippen LogP contribution is 2.38. The van der Waals surface area contributed by atoms with Gasteiger partial charge in [0, 0.05) is 13.2 Å². The molecule has 1 aromatic heterocycles.